The van der Waals surface area contributed by atoms with E-state index in [-0.39, 0.29) is 5.91 Å². The Hall–Kier alpha value is -3.61. The Bertz CT molecular complexity index is 1050. The van der Waals surface area contributed by atoms with Crippen molar-refractivity contribution in [2.45, 2.75) is 6.42 Å². The number of fused-ring (bicyclic) bond motifs is 2. The van der Waals surface area contributed by atoms with Gasteiger partial charge in [-0.25, -0.2) is 9.97 Å². The molecule has 2 aromatic carbocycles. The quantitative estimate of drug-likeness (QED) is 0.759. The number of nitrogens with zero attached hydrogens (tertiary/aromatic N) is 3. The largest absolute Gasteiger partial charge is 0.486 e. The van der Waals surface area contributed by atoms with Crippen molar-refractivity contribution in [2.24, 2.45) is 0 Å². The molecule has 1 N–H and O–H groups in total. The van der Waals surface area contributed by atoms with Gasteiger partial charge in [-0.3, -0.25) is 4.79 Å². The highest BCUT2D eigenvalue weighted by molar-refractivity contribution is 6.06. The number of carbonyl (C=O) groups excluding carboxylic acids is 1. The molecule has 28 heavy (non-hydrogen) atoms. The molecular formula is C21H18N4O3. The summed E-state index contributed by atoms with van der Waals surface area (Å²) in [5.41, 5.74) is 3.25. The van der Waals surface area contributed by atoms with Gasteiger partial charge in [0.15, 0.2) is 11.5 Å². The number of benzene rings is 2. The lowest BCUT2D eigenvalue weighted by Gasteiger charge is -2.19. The van der Waals surface area contributed by atoms with E-state index in [9.17, 15) is 4.79 Å². The van der Waals surface area contributed by atoms with E-state index in [2.05, 4.69) is 21.4 Å². The third-order valence-corrected chi connectivity index (χ3v) is 4.81. The predicted octanol–water partition coefficient (Wildman–Crippen LogP) is 3.19. The highest BCUT2D eigenvalue weighted by Gasteiger charge is 2.26. The van der Waals surface area contributed by atoms with Crippen molar-refractivity contribution in [1.29, 1.82) is 0 Å². The van der Waals surface area contributed by atoms with E-state index < -0.39 is 0 Å². The highest BCUT2D eigenvalue weighted by Crippen LogP contribution is 2.33. The summed E-state index contributed by atoms with van der Waals surface area (Å²) < 4.78 is 11.1. The Kier molecular flexibility index (Phi) is 4.05. The van der Waals surface area contributed by atoms with E-state index in [1.54, 1.807) is 17.2 Å². The first kappa shape index (κ1) is 16.6. The lowest BCUT2D eigenvalue weighted by molar-refractivity contribution is 0.0984. The lowest BCUT2D eigenvalue weighted by atomic mass is 10.2. The van der Waals surface area contributed by atoms with Crippen molar-refractivity contribution in [1.82, 2.24) is 9.97 Å². The van der Waals surface area contributed by atoms with Gasteiger partial charge < -0.3 is 19.7 Å². The molecule has 2 aliphatic rings. The summed E-state index contributed by atoms with van der Waals surface area (Å²) in [7, 11) is 0. The van der Waals surface area contributed by atoms with Gasteiger partial charge in [-0.15, -0.1) is 0 Å². The molecule has 140 valence electrons. The summed E-state index contributed by atoms with van der Waals surface area (Å²) in [6, 6.07) is 15.1. The summed E-state index contributed by atoms with van der Waals surface area (Å²) in [5, 5.41) is 3.13. The third kappa shape index (κ3) is 3.00. The molecule has 7 heteroatoms. The van der Waals surface area contributed by atoms with Crippen LogP contribution in [0.3, 0.4) is 0 Å². The van der Waals surface area contributed by atoms with Crippen molar-refractivity contribution < 1.29 is 14.3 Å². The zero-order valence-electron chi connectivity index (χ0n) is 15.1. The van der Waals surface area contributed by atoms with Crippen molar-refractivity contribution >= 4 is 23.2 Å². The number of rotatable bonds is 3. The second-order valence-corrected chi connectivity index (χ2v) is 6.58. The predicted molar refractivity (Wildman–Crippen MR) is 105 cm³/mol. The van der Waals surface area contributed by atoms with Gasteiger partial charge in [0.1, 0.15) is 18.9 Å². The van der Waals surface area contributed by atoms with E-state index in [1.807, 2.05) is 36.4 Å². The molecule has 0 fully saturated rings. The first-order valence-corrected chi connectivity index (χ1v) is 9.17. The number of amides is 1. The maximum Gasteiger partial charge on any atom is 0.277 e. The van der Waals surface area contributed by atoms with Gasteiger partial charge in [-0.05, 0) is 36.2 Å². The van der Waals surface area contributed by atoms with Crippen LogP contribution in [0.5, 0.6) is 11.5 Å². The SMILES string of the molecule is O=C(c1ccnc(Nc2ccc3c(c2)OCCO3)n1)N1CCc2ccccc21. The van der Waals surface area contributed by atoms with Crippen LogP contribution in [0.1, 0.15) is 16.1 Å². The highest BCUT2D eigenvalue weighted by atomic mass is 16.6. The van der Waals surface area contributed by atoms with Crippen molar-refractivity contribution in [3.8, 4) is 11.5 Å². The Morgan fingerprint density at radius 2 is 1.89 bits per heavy atom. The number of ether oxygens (including phenoxy) is 2. The standard InChI is InChI=1S/C21H18N4O3/c26-20(25-10-8-14-3-1-2-4-17(14)25)16-7-9-22-21(24-16)23-15-5-6-18-19(13-15)28-12-11-27-18/h1-7,9,13H,8,10-12H2,(H,22,23,24). The van der Waals surface area contributed by atoms with E-state index in [0.29, 0.717) is 42.9 Å². The van der Waals surface area contributed by atoms with Gasteiger partial charge in [0.2, 0.25) is 5.95 Å². The number of hydrogen-bond donors (Lipinski definition) is 1. The van der Waals surface area contributed by atoms with Gasteiger partial charge in [0.25, 0.3) is 5.91 Å². The third-order valence-electron chi connectivity index (χ3n) is 4.81. The van der Waals surface area contributed by atoms with E-state index in [0.717, 1.165) is 17.8 Å². The zero-order chi connectivity index (χ0) is 18.9. The molecule has 0 saturated heterocycles. The fraction of sp³-hybridized carbons (Fsp3) is 0.190. The molecule has 2 aliphatic heterocycles. The fourth-order valence-electron chi connectivity index (χ4n) is 3.48. The molecule has 3 aromatic rings. The lowest BCUT2D eigenvalue weighted by Crippen LogP contribution is -2.29. The van der Waals surface area contributed by atoms with E-state index >= 15 is 0 Å². The molecule has 0 radical (unpaired) electrons. The van der Waals surface area contributed by atoms with Crippen LogP contribution in [-0.4, -0.2) is 35.6 Å². The van der Waals surface area contributed by atoms with E-state index in [1.165, 1.54) is 5.56 Å². The Balaban J connectivity index is 1.37. The Labute approximate surface area is 161 Å². The molecule has 0 bridgehead atoms. The van der Waals surface area contributed by atoms with Crippen LogP contribution in [-0.2, 0) is 6.42 Å². The van der Waals surface area contributed by atoms with Gasteiger partial charge >= 0.3 is 0 Å². The number of anilines is 3. The average Bonchev–Trinajstić information content (AvgIpc) is 3.17. The number of para-hydroxylation sites is 1. The van der Waals surface area contributed by atoms with Crippen LogP contribution >= 0.6 is 0 Å². The monoisotopic (exact) mass is 374 g/mol. The number of carbonyl (C=O) groups is 1. The number of aromatic nitrogens is 2. The minimum Gasteiger partial charge on any atom is -0.486 e. The summed E-state index contributed by atoms with van der Waals surface area (Å²) in [4.78, 5) is 23.4. The number of hydrogen-bond acceptors (Lipinski definition) is 6. The summed E-state index contributed by atoms with van der Waals surface area (Å²) in [6.45, 7) is 1.73. The molecule has 5 rings (SSSR count). The molecular weight excluding hydrogens is 356 g/mol. The molecule has 0 spiro atoms. The van der Waals surface area contributed by atoms with Crippen LogP contribution in [0.2, 0.25) is 0 Å². The molecule has 0 unspecified atom stereocenters. The maximum atomic E-state index is 13.0. The molecule has 3 heterocycles. The fourth-order valence-corrected chi connectivity index (χ4v) is 3.48. The summed E-state index contributed by atoms with van der Waals surface area (Å²) in [5.74, 6) is 1.62. The minimum absolute atomic E-state index is 0.127. The molecule has 0 atom stereocenters. The Morgan fingerprint density at radius 3 is 2.82 bits per heavy atom. The molecule has 1 aromatic heterocycles. The van der Waals surface area contributed by atoms with Crippen molar-refractivity contribution in [2.75, 3.05) is 30.0 Å². The normalized spacial score (nSPS) is 14.5. The van der Waals surface area contributed by atoms with Crippen molar-refractivity contribution in [3.63, 3.8) is 0 Å². The zero-order valence-corrected chi connectivity index (χ0v) is 15.1. The van der Waals surface area contributed by atoms with Crippen LogP contribution in [0.15, 0.2) is 54.7 Å². The van der Waals surface area contributed by atoms with Gasteiger partial charge in [0, 0.05) is 30.2 Å². The molecule has 7 nitrogen and oxygen atoms in total. The summed E-state index contributed by atoms with van der Waals surface area (Å²) in [6.07, 6.45) is 2.44. The van der Waals surface area contributed by atoms with Gasteiger partial charge in [0.05, 0.1) is 0 Å². The maximum absolute atomic E-state index is 13.0. The second kappa shape index (κ2) is 6.84. The van der Waals surface area contributed by atoms with Crippen LogP contribution in [0.4, 0.5) is 17.3 Å². The average molecular weight is 374 g/mol. The van der Waals surface area contributed by atoms with Gasteiger partial charge in [-0.2, -0.15) is 0 Å². The smallest absolute Gasteiger partial charge is 0.277 e. The van der Waals surface area contributed by atoms with E-state index in [4.69, 9.17) is 9.47 Å². The summed E-state index contributed by atoms with van der Waals surface area (Å²) >= 11 is 0. The minimum atomic E-state index is -0.127. The van der Waals surface area contributed by atoms with Crippen molar-refractivity contribution in [3.05, 3.63) is 66.0 Å². The first-order valence-electron chi connectivity index (χ1n) is 9.17. The molecule has 0 aliphatic carbocycles. The Morgan fingerprint density at radius 1 is 1.04 bits per heavy atom. The molecule has 0 saturated carbocycles. The topological polar surface area (TPSA) is 76.6 Å². The van der Waals surface area contributed by atoms with Crippen LogP contribution in [0, 0.1) is 0 Å². The first-order chi connectivity index (χ1) is 13.8. The number of nitrogens with one attached hydrogen (secondary N) is 1. The van der Waals surface area contributed by atoms with Gasteiger partial charge in [-0.1, -0.05) is 18.2 Å². The van der Waals surface area contributed by atoms with Crippen LogP contribution in [0.25, 0.3) is 0 Å². The molecule has 1 amide bonds. The van der Waals surface area contributed by atoms with Crippen LogP contribution < -0.4 is 19.7 Å². The second-order valence-electron chi connectivity index (χ2n) is 6.58.